The van der Waals surface area contributed by atoms with Crippen LogP contribution in [0.4, 0.5) is 4.79 Å². The number of rotatable bonds is 25. The molecule has 1 aliphatic carbocycles. The van der Waals surface area contributed by atoms with Crippen LogP contribution >= 0.6 is 0 Å². The second kappa shape index (κ2) is 40.9. The number of nitrogens with zero attached hydrogens (tertiary/aromatic N) is 1. The van der Waals surface area contributed by atoms with E-state index in [1.807, 2.05) is 51.2 Å². The predicted molar refractivity (Wildman–Crippen MR) is 329 cm³/mol. The fraction of sp³-hybridized carbons (Fsp3) is 0.769. The standard InChI is InChI=1S/C65H106N4O20/c1-10-82-28-24-67-57(71)23-27-83-30-32-85-34-35-86-33-31-84-29-25-68-64(78)88-53-22-20-48(39-56(53)81-9)38-50(66)55-41-52(70)44(4)37-46(6)59(73)60(74)58(72)45(5)36-42(2)16-12-11-13-17-43(3)54(80-8)40-49-21-19-47(7)65(79,89-49)61(75)62(76)69-26-15-14-18-51(69)63(77)87-55/h11-13,16-17,37,42,44-45,47-51,53-56,59-60,73-74,79H,10,14-15,18-36,38-41,66H2,1-9H3,(H,67,71)(H,68,78)/b13-11+,16-12+,43-17+,46-37+/t42-,44-,45-,47-,48+,49+,50-,51+,53-,54+,55+,56-,59-,60+,65-/m1/s1. The van der Waals surface area contributed by atoms with Crippen LogP contribution in [0.25, 0.3) is 0 Å². The molecule has 2 bridgehead atoms. The van der Waals surface area contributed by atoms with Crippen molar-refractivity contribution in [3.05, 3.63) is 47.6 Å². The lowest BCUT2D eigenvalue weighted by molar-refractivity contribution is -0.265. The van der Waals surface area contributed by atoms with Gasteiger partial charge in [0.25, 0.3) is 11.7 Å². The zero-order valence-electron chi connectivity index (χ0n) is 54.2. The highest BCUT2D eigenvalue weighted by atomic mass is 16.6. The number of nitrogens with two attached hydrogens (primary N) is 1. The van der Waals surface area contributed by atoms with Gasteiger partial charge in [0, 0.05) is 83.5 Å². The Bertz CT molecular complexity index is 2330. The summed E-state index contributed by atoms with van der Waals surface area (Å²) >= 11 is 0. The summed E-state index contributed by atoms with van der Waals surface area (Å²) in [6.45, 7) is 16.4. The van der Waals surface area contributed by atoms with Crippen LogP contribution in [0.3, 0.4) is 0 Å². The number of aliphatic hydroxyl groups excluding tert-OH is 2. The lowest BCUT2D eigenvalue weighted by atomic mass is 9.80. The third kappa shape index (κ3) is 26.0. The summed E-state index contributed by atoms with van der Waals surface area (Å²) in [5, 5.41) is 39.9. The number of allylic oxidation sites excluding steroid dienone is 6. The van der Waals surface area contributed by atoms with Crippen molar-refractivity contribution in [3.63, 3.8) is 0 Å². The number of Topliss-reactive ketones (excluding diaryl/α,β-unsaturated/α-hetero) is 3. The summed E-state index contributed by atoms with van der Waals surface area (Å²) in [7, 11) is 3.06. The first kappa shape index (κ1) is 76.6. The molecule has 1 saturated carbocycles. The third-order valence-electron chi connectivity index (χ3n) is 17.1. The van der Waals surface area contributed by atoms with Crippen molar-refractivity contribution >= 4 is 41.2 Å². The predicted octanol–water partition coefficient (Wildman–Crippen LogP) is 4.56. The summed E-state index contributed by atoms with van der Waals surface area (Å²) in [5.41, 5.74) is 7.99. The van der Waals surface area contributed by atoms with E-state index in [4.69, 9.17) is 53.1 Å². The number of fused-ring (bicyclic) bond motifs is 3. The first-order valence-electron chi connectivity index (χ1n) is 32.0. The number of alkyl carbamates (subject to hydrolysis) is 1. The highest BCUT2D eigenvalue weighted by Crippen LogP contribution is 2.37. The van der Waals surface area contributed by atoms with Crippen LogP contribution in [0.15, 0.2) is 47.6 Å². The Morgan fingerprint density at radius 1 is 0.753 bits per heavy atom. The maximum atomic E-state index is 14.6. The Morgan fingerprint density at radius 2 is 1.42 bits per heavy atom. The van der Waals surface area contributed by atoms with Gasteiger partial charge < -0.3 is 84.0 Å². The molecular weight excluding hydrogens is 1160 g/mol. The molecule has 0 aromatic carbocycles. The molecule has 4 rings (SSSR count). The number of cyclic esters (lactones) is 1. The minimum atomic E-state index is -2.50. The van der Waals surface area contributed by atoms with Gasteiger partial charge in [-0.15, -0.1) is 0 Å². The fourth-order valence-corrected chi connectivity index (χ4v) is 11.6. The van der Waals surface area contributed by atoms with E-state index in [-0.39, 0.29) is 75.3 Å². The number of ketones is 3. The molecular formula is C65H106N4O20. The molecule has 2 saturated heterocycles. The van der Waals surface area contributed by atoms with Crippen LogP contribution in [0, 0.1) is 29.6 Å². The molecule has 0 spiro atoms. The van der Waals surface area contributed by atoms with Gasteiger partial charge in [-0.3, -0.25) is 24.0 Å². The first-order valence-corrected chi connectivity index (χ1v) is 32.0. The van der Waals surface area contributed by atoms with Crippen molar-refractivity contribution in [3.8, 4) is 0 Å². The molecule has 24 heteroatoms. The van der Waals surface area contributed by atoms with E-state index in [9.17, 15) is 48.9 Å². The van der Waals surface area contributed by atoms with E-state index >= 15 is 0 Å². The van der Waals surface area contributed by atoms with Crippen molar-refractivity contribution in [1.29, 1.82) is 0 Å². The van der Waals surface area contributed by atoms with E-state index in [0.29, 0.717) is 111 Å². The molecule has 4 aliphatic rings. The highest BCUT2D eigenvalue weighted by molar-refractivity contribution is 6.39. The van der Waals surface area contributed by atoms with Gasteiger partial charge >= 0.3 is 12.1 Å². The normalized spacial score (nSPS) is 32.5. The summed E-state index contributed by atoms with van der Waals surface area (Å²) in [4.78, 5) is 96.9. The number of aliphatic hydroxyl groups is 3. The highest BCUT2D eigenvalue weighted by Gasteiger charge is 2.53. The molecule has 0 aromatic heterocycles. The number of piperidine rings is 1. The van der Waals surface area contributed by atoms with E-state index in [1.54, 1.807) is 27.9 Å². The topological polar surface area (TPSA) is 326 Å². The van der Waals surface area contributed by atoms with Crippen LogP contribution in [0.2, 0.25) is 0 Å². The largest absolute Gasteiger partial charge is 0.459 e. The van der Waals surface area contributed by atoms with Gasteiger partial charge in [0.1, 0.15) is 36.2 Å². The smallest absolute Gasteiger partial charge is 0.407 e. The Balaban J connectivity index is 1.39. The van der Waals surface area contributed by atoms with Crippen molar-refractivity contribution in [1.82, 2.24) is 15.5 Å². The molecule has 0 radical (unpaired) electrons. The quantitative estimate of drug-likeness (QED) is 0.0316. The van der Waals surface area contributed by atoms with Crippen LogP contribution < -0.4 is 16.4 Å². The number of esters is 1. The van der Waals surface area contributed by atoms with Crippen LogP contribution in [0.5, 0.6) is 0 Å². The number of carbonyl (C=O) groups is 7. The van der Waals surface area contributed by atoms with Gasteiger partial charge in [-0.05, 0) is 108 Å². The summed E-state index contributed by atoms with van der Waals surface area (Å²) < 4.78 is 57.1. The van der Waals surface area contributed by atoms with E-state index < -0.39 is 120 Å². The van der Waals surface area contributed by atoms with Gasteiger partial charge in [-0.2, -0.15) is 0 Å². The molecule has 0 unspecified atom stereocenters. The van der Waals surface area contributed by atoms with Gasteiger partial charge in [0.15, 0.2) is 5.78 Å². The zero-order valence-corrected chi connectivity index (χ0v) is 54.2. The van der Waals surface area contributed by atoms with Crippen LogP contribution in [-0.4, -0.2) is 222 Å². The fourth-order valence-electron chi connectivity index (χ4n) is 11.6. The summed E-state index contributed by atoms with van der Waals surface area (Å²) in [6, 6.07) is -2.22. The number of carbonyl (C=O) groups excluding carboxylic acids is 7. The average Bonchev–Trinajstić information content (AvgIpc) is 0.963. The molecule has 0 aromatic rings. The Labute approximate surface area is 526 Å². The molecule has 3 amide bonds. The number of ether oxygens (including phenoxy) is 10. The molecule has 3 aliphatic heterocycles. The van der Waals surface area contributed by atoms with Gasteiger partial charge in [0.2, 0.25) is 11.7 Å². The average molecular weight is 1260 g/mol. The molecule has 24 nitrogen and oxygen atoms in total. The molecule has 506 valence electrons. The second-order valence-electron chi connectivity index (χ2n) is 24.1. The van der Waals surface area contributed by atoms with Crippen molar-refractivity contribution in [2.24, 2.45) is 35.3 Å². The number of amides is 3. The van der Waals surface area contributed by atoms with Gasteiger partial charge in [-0.1, -0.05) is 64.2 Å². The van der Waals surface area contributed by atoms with E-state index in [1.165, 1.54) is 20.1 Å². The second-order valence-corrected chi connectivity index (χ2v) is 24.1. The van der Waals surface area contributed by atoms with Crippen LogP contribution in [0.1, 0.15) is 132 Å². The van der Waals surface area contributed by atoms with Crippen molar-refractivity contribution in [2.45, 2.75) is 193 Å². The molecule has 7 N–H and O–H groups in total. The Morgan fingerprint density at radius 3 is 2.09 bits per heavy atom. The number of nitrogens with one attached hydrogen (secondary N) is 2. The zero-order chi connectivity index (χ0) is 65.5. The molecule has 89 heavy (non-hydrogen) atoms. The SMILES string of the molecule is CCOCCNC(=O)CCOCCOCCOCCOCCNC(=O)O[C@@H]1CC[C@@H](C[C@@H](N)[C@@H]2CC(=O)[C@H](C)/C=C(\C)[C@@H](O)[C@@H](O)C(=O)[C@H](C)C[C@H](C)/C=C/C=C/C=C(\C)[C@@H](OC)C[C@@H]3CC[C@@H](C)[C@@](O)(O3)C(=O)C(=O)N3CCCC[C@H]3C(=O)O2)C[C@H]1OC. The summed E-state index contributed by atoms with van der Waals surface area (Å²) in [6.07, 6.45) is 7.21. The van der Waals surface area contributed by atoms with Gasteiger partial charge in [0.05, 0.1) is 77.8 Å². The van der Waals surface area contributed by atoms with E-state index in [0.717, 1.165) is 10.5 Å². The Kier molecular flexibility index (Phi) is 35.2. The minimum absolute atomic E-state index is 0.00530. The first-order chi connectivity index (χ1) is 42.5. The lowest BCUT2D eigenvalue weighted by Gasteiger charge is -2.42. The maximum Gasteiger partial charge on any atom is 0.407 e. The number of methoxy groups -OCH3 is 2. The lowest BCUT2D eigenvalue weighted by Crippen LogP contribution is -2.61. The number of hydrogen-bond donors (Lipinski definition) is 6. The Hall–Kier alpha value is -4.83. The van der Waals surface area contributed by atoms with Crippen molar-refractivity contribution < 1.29 is 96.2 Å². The number of hydrogen-bond acceptors (Lipinski definition) is 21. The summed E-state index contributed by atoms with van der Waals surface area (Å²) in [5.74, 6) is -9.31. The minimum Gasteiger partial charge on any atom is -0.459 e. The maximum absolute atomic E-state index is 14.6. The molecule has 3 heterocycles. The van der Waals surface area contributed by atoms with Gasteiger partial charge in [-0.25, -0.2) is 9.59 Å². The molecule has 15 atom stereocenters. The van der Waals surface area contributed by atoms with Crippen LogP contribution in [-0.2, 0) is 76.1 Å². The monoisotopic (exact) mass is 1260 g/mol. The molecule has 3 fully saturated rings. The van der Waals surface area contributed by atoms with Crippen molar-refractivity contribution in [2.75, 3.05) is 99.9 Å². The van der Waals surface area contributed by atoms with E-state index in [2.05, 4.69) is 10.6 Å². The third-order valence-corrected chi connectivity index (χ3v) is 17.1.